The van der Waals surface area contributed by atoms with Crippen molar-refractivity contribution in [3.05, 3.63) is 12.4 Å². The topological polar surface area (TPSA) is 85.8 Å². The van der Waals surface area contributed by atoms with Crippen molar-refractivity contribution in [1.29, 1.82) is 0 Å². The van der Waals surface area contributed by atoms with E-state index in [1.54, 1.807) is 17.3 Å². The number of nitrogens with zero attached hydrogens (tertiary/aromatic N) is 3. The smallest absolute Gasteiger partial charge is 0.444 e. The Morgan fingerprint density at radius 3 is 2.34 bits per heavy atom. The Bertz CT molecular complexity index is 717. The fourth-order valence-electron chi connectivity index (χ4n) is 3.28. The third kappa shape index (κ3) is 5.19. The molecule has 0 aromatic carbocycles. The quantitative estimate of drug-likeness (QED) is 0.775. The number of likely N-dealkylation sites (tertiary alicyclic amines) is 1. The zero-order valence-electron chi connectivity index (χ0n) is 18.6. The number of carbonyl (C=O) groups excluding carboxylic acids is 1. The molecule has 8 nitrogen and oxygen atoms in total. The molecule has 2 aliphatic rings. The van der Waals surface area contributed by atoms with Gasteiger partial charge in [-0.15, -0.1) is 0 Å². The summed E-state index contributed by atoms with van der Waals surface area (Å²) in [6.45, 7) is 15.0. The van der Waals surface area contributed by atoms with Crippen LogP contribution in [-0.2, 0) is 14.0 Å². The first-order valence-electron chi connectivity index (χ1n) is 10.3. The molecule has 1 amide bonds. The maximum Gasteiger partial charge on any atom is 0.498 e. The molecule has 1 aromatic rings. The van der Waals surface area contributed by atoms with Gasteiger partial charge in [0, 0.05) is 37.0 Å². The molecule has 2 fully saturated rings. The lowest BCUT2D eigenvalue weighted by Crippen LogP contribution is -2.47. The van der Waals surface area contributed by atoms with Crippen LogP contribution in [0.1, 0.15) is 61.3 Å². The molecule has 0 radical (unpaired) electrons. The van der Waals surface area contributed by atoms with Gasteiger partial charge in [-0.05, 0) is 61.3 Å². The molecule has 1 N–H and O–H groups in total. The van der Waals surface area contributed by atoms with Gasteiger partial charge in [-0.2, -0.15) is 0 Å². The average molecular weight is 404 g/mol. The summed E-state index contributed by atoms with van der Waals surface area (Å²) in [5.41, 5.74) is -0.513. The van der Waals surface area contributed by atoms with Gasteiger partial charge in [0.2, 0.25) is 5.95 Å². The summed E-state index contributed by atoms with van der Waals surface area (Å²) >= 11 is 0. The fraction of sp³-hybridized carbons (Fsp3) is 0.750. The van der Waals surface area contributed by atoms with Gasteiger partial charge in [0.05, 0.1) is 11.2 Å². The Balaban J connectivity index is 1.58. The maximum absolute atomic E-state index is 12.3. The van der Waals surface area contributed by atoms with E-state index in [4.69, 9.17) is 14.0 Å². The molecule has 1 aromatic heterocycles. The second kappa shape index (κ2) is 7.76. The van der Waals surface area contributed by atoms with Crippen LogP contribution in [0.25, 0.3) is 0 Å². The molecule has 0 aliphatic carbocycles. The van der Waals surface area contributed by atoms with Crippen LogP contribution in [0, 0.1) is 0 Å². The van der Waals surface area contributed by atoms with Crippen LogP contribution < -0.4 is 10.8 Å². The van der Waals surface area contributed by atoms with Gasteiger partial charge in [-0.3, -0.25) is 0 Å². The number of amides is 1. The van der Waals surface area contributed by atoms with Crippen LogP contribution in [0.2, 0.25) is 0 Å². The lowest BCUT2D eigenvalue weighted by molar-refractivity contribution is 0.00578. The van der Waals surface area contributed by atoms with Gasteiger partial charge in [0.1, 0.15) is 5.60 Å². The molecular formula is C20H33BN4O4. The number of piperidine rings is 1. The Hall–Kier alpha value is -1.87. The van der Waals surface area contributed by atoms with E-state index in [1.807, 2.05) is 48.5 Å². The Labute approximate surface area is 173 Å². The maximum atomic E-state index is 12.3. The van der Waals surface area contributed by atoms with Crippen LogP contribution in [0.3, 0.4) is 0 Å². The molecule has 0 spiro atoms. The Morgan fingerprint density at radius 2 is 1.79 bits per heavy atom. The number of anilines is 1. The summed E-state index contributed by atoms with van der Waals surface area (Å²) in [7, 11) is -0.480. The second-order valence-electron chi connectivity index (χ2n) is 9.84. The minimum atomic E-state index is -0.496. The lowest BCUT2D eigenvalue weighted by atomic mass is 9.81. The van der Waals surface area contributed by atoms with E-state index >= 15 is 0 Å². The van der Waals surface area contributed by atoms with E-state index in [2.05, 4.69) is 15.3 Å². The van der Waals surface area contributed by atoms with E-state index in [-0.39, 0.29) is 12.1 Å². The Morgan fingerprint density at radius 1 is 1.21 bits per heavy atom. The molecular weight excluding hydrogens is 371 g/mol. The highest BCUT2D eigenvalue weighted by Crippen LogP contribution is 2.36. The van der Waals surface area contributed by atoms with Crippen LogP contribution in [0.5, 0.6) is 0 Å². The van der Waals surface area contributed by atoms with Gasteiger partial charge in [0.15, 0.2) is 0 Å². The number of rotatable bonds is 3. The normalized spacial score (nSPS) is 23.8. The van der Waals surface area contributed by atoms with Crippen molar-refractivity contribution in [2.24, 2.45) is 0 Å². The van der Waals surface area contributed by atoms with E-state index in [0.29, 0.717) is 19.0 Å². The SMILES string of the molecule is CC(C)(C)OC(=O)N1CCCC(Nc2ncc(B3OC(C)(C)C(C)(C)O3)cn2)C1. The highest BCUT2D eigenvalue weighted by Gasteiger charge is 2.52. The van der Waals surface area contributed by atoms with Crippen molar-refractivity contribution in [2.45, 2.75) is 84.2 Å². The number of carbonyl (C=O) groups is 1. The van der Waals surface area contributed by atoms with Crippen molar-refractivity contribution >= 4 is 24.6 Å². The van der Waals surface area contributed by atoms with Crippen molar-refractivity contribution in [3.8, 4) is 0 Å². The molecule has 9 heteroatoms. The summed E-state index contributed by atoms with van der Waals surface area (Å²) in [4.78, 5) is 22.9. The predicted octanol–water partition coefficient (Wildman–Crippen LogP) is 2.59. The summed E-state index contributed by atoms with van der Waals surface area (Å²) in [5.74, 6) is 0.529. The second-order valence-corrected chi connectivity index (χ2v) is 9.84. The standard InChI is InChI=1S/C20H33BN4O4/c1-18(2,3)27-17(26)25-10-8-9-15(13-25)24-16-22-11-14(12-23-16)21-28-19(4,5)20(6,7)29-21/h11-12,15H,8-10,13H2,1-7H3,(H,22,23,24). The van der Waals surface area contributed by atoms with Crippen LogP contribution in [0.15, 0.2) is 12.4 Å². The van der Waals surface area contributed by atoms with Crippen LogP contribution >= 0.6 is 0 Å². The minimum Gasteiger partial charge on any atom is -0.444 e. The average Bonchev–Trinajstić information content (AvgIpc) is 2.82. The number of ether oxygens (including phenoxy) is 1. The first-order chi connectivity index (χ1) is 13.4. The lowest BCUT2D eigenvalue weighted by Gasteiger charge is -2.34. The molecule has 3 heterocycles. The van der Waals surface area contributed by atoms with Crippen molar-refractivity contribution in [2.75, 3.05) is 18.4 Å². The van der Waals surface area contributed by atoms with E-state index in [0.717, 1.165) is 18.3 Å². The fourth-order valence-corrected chi connectivity index (χ4v) is 3.28. The number of hydrogen-bond acceptors (Lipinski definition) is 7. The molecule has 2 saturated heterocycles. The number of aromatic nitrogens is 2. The predicted molar refractivity (Wildman–Crippen MR) is 112 cm³/mol. The van der Waals surface area contributed by atoms with Crippen molar-refractivity contribution in [1.82, 2.24) is 14.9 Å². The highest BCUT2D eigenvalue weighted by atomic mass is 16.7. The van der Waals surface area contributed by atoms with E-state index in [9.17, 15) is 4.79 Å². The van der Waals surface area contributed by atoms with Crippen molar-refractivity contribution < 1.29 is 18.8 Å². The molecule has 0 bridgehead atoms. The first kappa shape index (κ1) is 21.8. The van der Waals surface area contributed by atoms with E-state index < -0.39 is 23.9 Å². The van der Waals surface area contributed by atoms with Gasteiger partial charge in [0.25, 0.3) is 0 Å². The zero-order chi connectivity index (χ0) is 21.4. The first-order valence-corrected chi connectivity index (χ1v) is 10.3. The molecule has 160 valence electrons. The minimum absolute atomic E-state index is 0.0824. The van der Waals surface area contributed by atoms with Gasteiger partial charge < -0.3 is 24.3 Å². The summed E-state index contributed by atoms with van der Waals surface area (Å²) in [5, 5.41) is 3.33. The molecule has 0 saturated carbocycles. The summed E-state index contributed by atoms with van der Waals surface area (Å²) in [6, 6.07) is 0.0824. The molecule has 1 atom stereocenters. The number of hydrogen-bond donors (Lipinski definition) is 1. The largest absolute Gasteiger partial charge is 0.498 e. The van der Waals surface area contributed by atoms with E-state index in [1.165, 1.54) is 0 Å². The summed E-state index contributed by atoms with van der Waals surface area (Å²) in [6.07, 6.45) is 5.03. The number of nitrogens with one attached hydrogen (secondary N) is 1. The van der Waals surface area contributed by atoms with Gasteiger partial charge >= 0.3 is 13.2 Å². The zero-order valence-corrected chi connectivity index (χ0v) is 18.6. The molecule has 2 aliphatic heterocycles. The van der Waals surface area contributed by atoms with Crippen LogP contribution in [0.4, 0.5) is 10.7 Å². The summed E-state index contributed by atoms with van der Waals surface area (Å²) < 4.78 is 17.6. The van der Waals surface area contributed by atoms with Crippen molar-refractivity contribution in [3.63, 3.8) is 0 Å². The highest BCUT2D eigenvalue weighted by molar-refractivity contribution is 6.61. The monoisotopic (exact) mass is 404 g/mol. The third-order valence-corrected chi connectivity index (χ3v) is 5.60. The van der Waals surface area contributed by atoms with Crippen LogP contribution in [-0.4, -0.2) is 64.0 Å². The molecule has 3 rings (SSSR count). The molecule has 29 heavy (non-hydrogen) atoms. The molecule has 1 unspecified atom stereocenters. The third-order valence-electron chi connectivity index (χ3n) is 5.60. The van der Waals surface area contributed by atoms with Gasteiger partial charge in [-0.1, -0.05) is 0 Å². The van der Waals surface area contributed by atoms with Gasteiger partial charge in [-0.25, -0.2) is 14.8 Å². The Kier molecular flexibility index (Phi) is 5.84.